The molecule has 1 atom stereocenters. The third kappa shape index (κ3) is 10.1. The highest BCUT2D eigenvalue weighted by atomic mass is 16.4. The number of hydrogen-bond donors (Lipinski definition) is 2. The van der Waals surface area contributed by atoms with Crippen LogP contribution < -0.4 is 0 Å². The van der Waals surface area contributed by atoms with Crippen molar-refractivity contribution in [1.29, 1.82) is 0 Å². The first-order valence-corrected chi connectivity index (χ1v) is 12.7. The first-order valence-electron chi connectivity index (χ1n) is 12.7. The van der Waals surface area contributed by atoms with Crippen molar-refractivity contribution < 1.29 is 15.0 Å². The van der Waals surface area contributed by atoms with Crippen LogP contribution in [0.25, 0.3) is 0 Å². The molecule has 31 heavy (non-hydrogen) atoms. The summed E-state index contributed by atoms with van der Waals surface area (Å²) in [6.45, 7) is 12.7. The molecule has 2 N–H and O–H groups in total. The number of carbonyl (C=O) groups is 1. The number of aromatic hydroxyl groups is 1. The SMILES string of the molecule is CCCCCCCCCCCCC(CC(=O)O)c1cc(C(C)C)c(O)c(C(C)(C)C)c1. The standard InChI is InChI=1S/C28H48O3/c1-7-8-9-10-11-12-13-14-15-16-17-22(20-26(29)30)23-18-24(21(2)3)27(31)25(19-23)28(4,5)6/h18-19,21-22,31H,7-17,20H2,1-6H3,(H,29,30). The summed E-state index contributed by atoms with van der Waals surface area (Å²) in [5, 5.41) is 20.4. The molecule has 0 radical (unpaired) electrons. The summed E-state index contributed by atoms with van der Waals surface area (Å²) in [6.07, 6.45) is 13.9. The molecule has 1 aromatic carbocycles. The number of benzene rings is 1. The smallest absolute Gasteiger partial charge is 0.303 e. The fourth-order valence-corrected chi connectivity index (χ4v) is 4.40. The van der Waals surface area contributed by atoms with Crippen molar-refractivity contribution in [1.82, 2.24) is 0 Å². The zero-order valence-corrected chi connectivity index (χ0v) is 21.1. The molecule has 178 valence electrons. The van der Waals surface area contributed by atoms with Gasteiger partial charge in [0.25, 0.3) is 0 Å². The molecular weight excluding hydrogens is 384 g/mol. The predicted molar refractivity (Wildman–Crippen MR) is 132 cm³/mol. The van der Waals surface area contributed by atoms with Crippen LogP contribution in [0.5, 0.6) is 5.75 Å². The van der Waals surface area contributed by atoms with Gasteiger partial charge in [-0.2, -0.15) is 0 Å². The van der Waals surface area contributed by atoms with E-state index >= 15 is 0 Å². The molecule has 0 aliphatic carbocycles. The Balaban J connectivity index is 2.75. The van der Waals surface area contributed by atoms with Crippen molar-refractivity contribution in [2.75, 3.05) is 0 Å². The number of carboxylic acid groups (broad SMARTS) is 1. The fourth-order valence-electron chi connectivity index (χ4n) is 4.40. The monoisotopic (exact) mass is 432 g/mol. The molecule has 1 aromatic rings. The lowest BCUT2D eigenvalue weighted by Crippen LogP contribution is -2.15. The summed E-state index contributed by atoms with van der Waals surface area (Å²) in [5.41, 5.74) is 2.74. The normalized spacial score (nSPS) is 13.0. The number of carboxylic acids is 1. The maximum atomic E-state index is 11.6. The first-order chi connectivity index (χ1) is 14.6. The molecule has 0 bridgehead atoms. The lowest BCUT2D eigenvalue weighted by molar-refractivity contribution is -0.137. The van der Waals surface area contributed by atoms with Gasteiger partial charge in [0, 0.05) is 0 Å². The first kappa shape index (κ1) is 27.5. The van der Waals surface area contributed by atoms with Crippen molar-refractivity contribution >= 4 is 5.97 Å². The molecule has 0 aromatic heterocycles. The average molecular weight is 433 g/mol. The summed E-state index contributed by atoms with van der Waals surface area (Å²) >= 11 is 0. The van der Waals surface area contributed by atoms with E-state index in [1.54, 1.807) is 0 Å². The Bertz CT molecular complexity index is 655. The van der Waals surface area contributed by atoms with Crippen LogP contribution >= 0.6 is 0 Å². The van der Waals surface area contributed by atoms with Crippen LogP contribution in [0, 0.1) is 0 Å². The molecule has 3 nitrogen and oxygen atoms in total. The predicted octanol–water partition coefficient (Wildman–Crippen LogP) is 8.68. The summed E-state index contributed by atoms with van der Waals surface area (Å²) in [7, 11) is 0. The van der Waals surface area contributed by atoms with E-state index in [0.29, 0.717) is 5.75 Å². The van der Waals surface area contributed by atoms with Crippen molar-refractivity contribution in [3.63, 3.8) is 0 Å². The number of unbranched alkanes of at least 4 members (excludes halogenated alkanes) is 9. The summed E-state index contributed by atoms with van der Waals surface area (Å²) in [4.78, 5) is 11.6. The van der Waals surface area contributed by atoms with Crippen LogP contribution in [0.2, 0.25) is 0 Å². The molecule has 0 heterocycles. The van der Waals surface area contributed by atoms with E-state index in [1.807, 2.05) is 0 Å². The highest BCUT2D eigenvalue weighted by Crippen LogP contribution is 2.40. The van der Waals surface area contributed by atoms with Gasteiger partial charge in [0.15, 0.2) is 0 Å². The summed E-state index contributed by atoms with van der Waals surface area (Å²) in [5.74, 6) is -0.164. The van der Waals surface area contributed by atoms with Gasteiger partial charge in [0.2, 0.25) is 0 Å². The van der Waals surface area contributed by atoms with Crippen molar-refractivity contribution in [2.24, 2.45) is 0 Å². The van der Waals surface area contributed by atoms with Crippen LogP contribution in [0.15, 0.2) is 12.1 Å². The maximum absolute atomic E-state index is 11.6. The van der Waals surface area contributed by atoms with Gasteiger partial charge in [-0.15, -0.1) is 0 Å². The average Bonchev–Trinajstić information content (AvgIpc) is 2.67. The zero-order valence-electron chi connectivity index (χ0n) is 21.1. The molecule has 0 aliphatic rings. The highest BCUT2D eigenvalue weighted by molar-refractivity contribution is 5.68. The van der Waals surface area contributed by atoms with Crippen LogP contribution in [0.1, 0.15) is 147 Å². The minimum absolute atomic E-state index is 0.00532. The minimum atomic E-state index is -0.742. The van der Waals surface area contributed by atoms with Gasteiger partial charge in [-0.05, 0) is 40.4 Å². The zero-order chi connectivity index (χ0) is 23.4. The Hall–Kier alpha value is -1.51. The molecule has 0 amide bonds. The van der Waals surface area contributed by atoms with E-state index in [2.05, 4.69) is 53.7 Å². The molecule has 1 rings (SSSR count). The van der Waals surface area contributed by atoms with Gasteiger partial charge in [-0.3, -0.25) is 4.79 Å². The largest absolute Gasteiger partial charge is 0.507 e. The highest BCUT2D eigenvalue weighted by Gasteiger charge is 2.25. The van der Waals surface area contributed by atoms with Gasteiger partial charge in [-0.1, -0.05) is 118 Å². The lowest BCUT2D eigenvalue weighted by Gasteiger charge is -2.26. The van der Waals surface area contributed by atoms with Crippen LogP contribution in [-0.2, 0) is 10.2 Å². The Morgan fingerprint density at radius 3 is 1.87 bits per heavy atom. The van der Waals surface area contributed by atoms with Gasteiger partial charge in [-0.25, -0.2) is 0 Å². The Labute approximate surface area is 191 Å². The second kappa shape index (κ2) is 13.8. The van der Waals surface area contributed by atoms with E-state index in [0.717, 1.165) is 29.5 Å². The number of phenolic OH excluding ortho intramolecular Hbond substituents is 1. The van der Waals surface area contributed by atoms with Crippen molar-refractivity contribution in [2.45, 2.75) is 136 Å². The fraction of sp³-hybridized carbons (Fsp3) is 0.750. The molecule has 1 unspecified atom stereocenters. The van der Waals surface area contributed by atoms with Crippen LogP contribution in [0.4, 0.5) is 0 Å². The van der Waals surface area contributed by atoms with Gasteiger partial charge >= 0.3 is 5.97 Å². The van der Waals surface area contributed by atoms with Gasteiger partial charge in [0.05, 0.1) is 6.42 Å². The van der Waals surface area contributed by atoms with Crippen molar-refractivity contribution in [3.05, 3.63) is 28.8 Å². The Morgan fingerprint density at radius 2 is 1.42 bits per heavy atom. The second-order valence-corrected chi connectivity index (χ2v) is 10.7. The molecular formula is C28H48O3. The molecule has 3 heteroatoms. The third-order valence-corrected chi connectivity index (χ3v) is 6.39. The Kier molecular flexibility index (Phi) is 12.3. The molecule has 0 saturated carbocycles. The van der Waals surface area contributed by atoms with Gasteiger partial charge < -0.3 is 10.2 Å². The van der Waals surface area contributed by atoms with E-state index in [1.165, 1.54) is 57.8 Å². The molecule has 0 spiro atoms. The van der Waals surface area contributed by atoms with Crippen LogP contribution in [-0.4, -0.2) is 16.2 Å². The molecule has 0 saturated heterocycles. The number of phenols is 1. The van der Waals surface area contributed by atoms with Crippen LogP contribution in [0.3, 0.4) is 0 Å². The molecule has 0 fully saturated rings. The van der Waals surface area contributed by atoms with Gasteiger partial charge in [0.1, 0.15) is 5.75 Å². The topological polar surface area (TPSA) is 57.5 Å². The van der Waals surface area contributed by atoms with Crippen molar-refractivity contribution in [3.8, 4) is 5.75 Å². The minimum Gasteiger partial charge on any atom is -0.507 e. The maximum Gasteiger partial charge on any atom is 0.303 e. The second-order valence-electron chi connectivity index (χ2n) is 10.7. The quantitative estimate of drug-likeness (QED) is 0.272. The van der Waals surface area contributed by atoms with E-state index < -0.39 is 5.97 Å². The van der Waals surface area contributed by atoms with E-state index in [9.17, 15) is 15.0 Å². The summed E-state index contributed by atoms with van der Waals surface area (Å²) < 4.78 is 0. The number of hydrogen-bond acceptors (Lipinski definition) is 2. The van der Waals surface area contributed by atoms with E-state index in [-0.39, 0.29) is 23.7 Å². The molecule has 0 aliphatic heterocycles. The number of rotatable bonds is 15. The third-order valence-electron chi connectivity index (χ3n) is 6.39. The summed E-state index contributed by atoms with van der Waals surface area (Å²) in [6, 6.07) is 4.12. The number of aliphatic carboxylic acids is 1. The lowest BCUT2D eigenvalue weighted by atomic mass is 9.79. The van der Waals surface area contributed by atoms with E-state index in [4.69, 9.17) is 0 Å². The Morgan fingerprint density at radius 1 is 0.903 bits per heavy atom.